The van der Waals surface area contributed by atoms with Crippen LogP contribution in [0.25, 0.3) is 0 Å². The van der Waals surface area contributed by atoms with Gasteiger partial charge in [0, 0.05) is 50.5 Å². The first-order chi connectivity index (χ1) is 13.6. The number of carbonyl (C=O) groups excluding carboxylic acids is 2. The zero-order valence-corrected chi connectivity index (χ0v) is 16.5. The van der Waals surface area contributed by atoms with Crippen LogP contribution in [0, 0.1) is 5.82 Å². The maximum Gasteiger partial charge on any atom is 0.317 e. The van der Waals surface area contributed by atoms with Crippen LogP contribution in [0.5, 0.6) is 0 Å². The second-order valence-corrected chi connectivity index (χ2v) is 7.52. The Kier molecular flexibility index (Phi) is 7.25. The molecule has 3 rings (SSSR count). The van der Waals surface area contributed by atoms with Gasteiger partial charge in [0.05, 0.1) is 0 Å². The highest BCUT2D eigenvalue weighted by molar-refractivity contribution is 5.94. The minimum absolute atomic E-state index is 0.0105. The number of hydrogen-bond acceptors (Lipinski definition) is 3. The number of halogens is 1. The van der Waals surface area contributed by atoms with E-state index in [2.05, 4.69) is 5.32 Å². The zero-order chi connectivity index (χ0) is 19.9. The number of hydrogen-bond donors (Lipinski definition) is 1. The number of amides is 3. The lowest BCUT2D eigenvalue weighted by atomic mass is 9.98. The van der Waals surface area contributed by atoms with Crippen LogP contribution in [0.4, 0.5) is 9.18 Å². The van der Waals surface area contributed by atoms with E-state index in [9.17, 15) is 14.0 Å². The van der Waals surface area contributed by atoms with Gasteiger partial charge < -0.3 is 19.9 Å². The standard InChI is InChI=1S/C21H30FN3O3/c1-2-10-23-21(27)25(19-8-13-28-14-9-19)18-6-11-24(12-7-18)20(26)16-4-3-5-17(22)15-16/h3-5,15,18-19H,2,6-14H2,1H3,(H,23,27). The largest absolute Gasteiger partial charge is 0.381 e. The predicted molar refractivity (Wildman–Crippen MR) is 105 cm³/mol. The molecule has 6 nitrogen and oxygen atoms in total. The van der Waals surface area contributed by atoms with E-state index < -0.39 is 5.82 Å². The second kappa shape index (κ2) is 9.87. The van der Waals surface area contributed by atoms with Crippen molar-refractivity contribution in [2.45, 2.75) is 51.1 Å². The summed E-state index contributed by atoms with van der Waals surface area (Å²) in [6.07, 6.45) is 4.06. The Hall–Kier alpha value is -2.15. The summed E-state index contributed by atoms with van der Waals surface area (Å²) in [5, 5.41) is 3.02. The first-order valence-corrected chi connectivity index (χ1v) is 10.3. The summed E-state index contributed by atoms with van der Waals surface area (Å²) in [4.78, 5) is 29.2. The van der Waals surface area contributed by atoms with Gasteiger partial charge in [-0.3, -0.25) is 4.79 Å². The SMILES string of the molecule is CCCNC(=O)N(C1CCOCC1)C1CCN(C(=O)c2cccc(F)c2)CC1. The van der Waals surface area contributed by atoms with E-state index in [-0.39, 0.29) is 24.0 Å². The first-order valence-electron chi connectivity index (χ1n) is 10.3. The number of benzene rings is 1. The highest BCUT2D eigenvalue weighted by Gasteiger charge is 2.35. The Morgan fingerprint density at radius 3 is 2.50 bits per heavy atom. The number of carbonyl (C=O) groups is 2. The smallest absolute Gasteiger partial charge is 0.317 e. The van der Waals surface area contributed by atoms with Gasteiger partial charge in [0.1, 0.15) is 5.82 Å². The molecule has 1 aromatic carbocycles. The zero-order valence-electron chi connectivity index (χ0n) is 16.5. The highest BCUT2D eigenvalue weighted by atomic mass is 19.1. The molecule has 0 aromatic heterocycles. The molecule has 0 spiro atoms. The molecule has 1 N–H and O–H groups in total. The fourth-order valence-electron chi connectivity index (χ4n) is 4.07. The second-order valence-electron chi connectivity index (χ2n) is 7.52. The van der Waals surface area contributed by atoms with Crippen LogP contribution < -0.4 is 5.32 Å². The van der Waals surface area contributed by atoms with Gasteiger partial charge >= 0.3 is 6.03 Å². The number of nitrogens with zero attached hydrogens (tertiary/aromatic N) is 2. The van der Waals surface area contributed by atoms with E-state index in [1.165, 1.54) is 12.1 Å². The van der Waals surface area contributed by atoms with Gasteiger partial charge in [0.25, 0.3) is 5.91 Å². The lowest BCUT2D eigenvalue weighted by Crippen LogP contribution is -2.56. The van der Waals surface area contributed by atoms with Crippen molar-refractivity contribution in [3.05, 3.63) is 35.6 Å². The minimum atomic E-state index is -0.404. The van der Waals surface area contributed by atoms with E-state index in [4.69, 9.17) is 4.74 Å². The molecule has 2 aliphatic rings. The van der Waals surface area contributed by atoms with Gasteiger partial charge in [-0.05, 0) is 50.3 Å². The predicted octanol–water partition coefficient (Wildman–Crippen LogP) is 3.03. The van der Waals surface area contributed by atoms with Crippen molar-refractivity contribution >= 4 is 11.9 Å². The van der Waals surface area contributed by atoms with Crippen LogP contribution in [0.3, 0.4) is 0 Å². The molecule has 7 heteroatoms. The molecule has 0 unspecified atom stereocenters. The van der Waals surface area contributed by atoms with E-state index in [1.54, 1.807) is 17.0 Å². The molecule has 2 heterocycles. The normalized spacial score (nSPS) is 18.7. The lowest BCUT2D eigenvalue weighted by molar-refractivity contribution is 0.0209. The molecule has 154 valence electrons. The van der Waals surface area contributed by atoms with Gasteiger partial charge in [-0.25, -0.2) is 9.18 Å². The maximum atomic E-state index is 13.4. The van der Waals surface area contributed by atoms with E-state index in [1.807, 2.05) is 11.8 Å². The van der Waals surface area contributed by atoms with Gasteiger partial charge in [0.15, 0.2) is 0 Å². The Morgan fingerprint density at radius 1 is 1.18 bits per heavy atom. The van der Waals surface area contributed by atoms with Gasteiger partial charge in [-0.1, -0.05) is 13.0 Å². The van der Waals surface area contributed by atoms with Crippen molar-refractivity contribution in [1.29, 1.82) is 0 Å². The fourth-order valence-corrected chi connectivity index (χ4v) is 4.07. The molecule has 2 fully saturated rings. The number of nitrogens with one attached hydrogen (secondary N) is 1. The monoisotopic (exact) mass is 391 g/mol. The van der Waals surface area contributed by atoms with Crippen molar-refractivity contribution in [2.75, 3.05) is 32.8 Å². The van der Waals surface area contributed by atoms with E-state index in [0.29, 0.717) is 38.4 Å². The lowest BCUT2D eigenvalue weighted by Gasteiger charge is -2.43. The third kappa shape index (κ3) is 5.01. The topological polar surface area (TPSA) is 61.9 Å². The Balaban J connectivity index is 1.63. The summed E-state index contributed by atoms with van der Waals surface area (Å²) >= 11 is 0. The molecule has 1 aromatic rings. The van der Waals surface area contributed by atoms with E-state index >= 15 is 0 Å². The van der Waals surface area contributed by atoms with Crippen LogP contribution in [-0.2, 0) is 4.74 Å². The number of piperidine rings is 1. The minimum Gasteiger partial charge on any atom is -0.381 e. The van der Waals surface area contributed by atoms with Crippen molar-refractivity contribution in [1.82, 2.24) is 15.1 Å². The van der Waals surface area contributed by atoms with Crippen LogP contribution in [0.1, 0.15) is 49.4 Å². The van der Waals surface area contributed by atoms with Gasteiger partial charge in [-0.15, -0.1) is 0 Å². The average molecular weight is 391 g/mol. The number of urea groups is 1. The Labute approximate surface area is 166 Å². The van der Waals surface area contributed by atoms with Gasteiger partial charge in [-0.2, -0.15) is 0 Å². The summed E-state index contributed by atoms with van der Waals surface area (Å²) < 4.78 is 18.9. The molecule has 3 amide bonds. The Bertz CT molecular complexity index is 671. The first kappa shape index (κ1) is 20.6. The van der Waals surface area contributed by atoms with Crippen LogP contribution in [-0.4, -0.2) is 66.7 Å². The van der Waals surface area contributed by atoms with Crippen LogP contribution >= 0.6 is 0 Å². The van der Waals surface area contributed by atoms with Crippen molar-refractivity contribution in [3.8, 4) is 0 Å². The van der Waals surface area contributed by atoms with Gasteiger partial charge in [0.2, 0.25) is 0 Å². The third-order valence-electron chi connectivity index (χ3n) is 5.56. The molecule has 2 aliphatic heterocycles. The van der Waals surface area contributed by atoms with Crippen molar-refractivity contribution < 1.29 is 18.7 Å². The molecule has 0 radical (unpaired) electrons. The molecule has 0 atom stereocenters. The maximum absolute atomic E-state index is 13.4. The summed E-state index contributed by atoms with van der Waals surface area (Å²) in [5.74, 6) is -0.551. The summed E-state index contributed by atoms with van der Waals surface area (Å²) in [5.41, 5.74) is 0.375. The highest BCUT2D eigenvalue weighted by Crippen LogP contribution is 2.25. The van der Waals surface area contributed by atoms with Crippen molar-refractivity contribution in [3.63, 3.8) is 0 Å². The van der Waals surface area contributed by atoms with Crippen molar-refractivity contribution in [2.24, 2.45) is 0 Å². The number of ether oxygens (including phenoxy) is 1. The number of rotatable bonds is 5. The van der Waals surface area contributed by atoms with E-state index in [0.717, 1.165) is 32.1 Å². The summed E-state index contributed by atoms with van der Waals surface area (Å²) in [6.45, 7) is 5.20. The fraction of sp³-hybridized carbons (Fsp3) is 0.619. The molecular formula is C21H30FN3O3. The average Bonchev–Trinajstić information content (AvgIpc) is 2.73. The molecule has 2 saturated heterocycles. The molecule has 0 bridgehead atoms. The van der Waals surface area contributed by atoms with Crippen LogP contribution in [0.2, 0.25) is 0 Å². The third-order valence-corrected chi connectivity index (χ3v) is 5.56. The summed E-state index contributed by atoms with van der Waals surface area (Å²) in [7, 11) is 0. The number of likely N-dealkylation sites (tertiary alicyclic amines) is 1. The van der Waals surface area contributed by atoms with Crippen LogP contribution in [0.15, 0.2) is 24.3 Å². The molecule has 28 heavy (non-hydrogen) atoms. The molecular weight excluding hydrogens is 361 g/mol. The summed E-state index contributed by atoms with van der Waals surface area (Å²) in [6, 6.07) is 6.09. The Morgan fingerprint density at radius 2 is 1.86 bits per heavy atom. The quantitative estimate of drug-likeness (QED) is 0.839. The molecule has 0 aliphatic carbocycles. The molecule has 0 saturated carbocycles.